The number of hydrogen-bond donors (Lipinski definition) is 3. The molecule has 2 amide bonds. The van der Waals surface area contributed by atoms with Gasteiger partial charge in [-0.25, -0.2) is 0 Å². The molecule has 0 aliphatic carbocycles. The molecule has 3 rings (SSSR count). The lowest BCUT2D eigenvalue weighted by atomic mass is 9.78. The second-order valence-corrected chi connectivity index (χ2v) is 11.9. The Balaban J connectivity index is 1.69. The van der Waals surface area contributed by atoms with Crippen molar-refractivity contribution in [3.63, 3.8) is 0 Å². The van der Waals surface area contributed by atoms with Crippen LogP contribution in [-0.2, 0) is 20.4 Å². The number of thioether (sulfide) groups is 1. The van der Waals surface area contributed by atoms with Gasteiger partial charge in [0.15, 0.2) is 5.17 Å². The Morgan fingerprint density at radius 1 is 1.11 bits per heavy atom. The van der Waals surface area contributed by atoms with E-state index in [2.05, 4.69) is 20.8 Å². The predicted molar refractivity (Wildman–Crippen MR) is 146 cm³/mol. The minimum absolute atomic E-state index is 0.00705. The van der Waals surface area contributed by atoms with Crippen molar-refractivity contribution in [3.8, 4) is 11.5 Å². The number of carbonyl (C=O) groups excluding carboxylic acids is 2. The van der Waals surface area contributed by atoms with Crippen molar-refractivity contribution < 1.29 is 19.4 Å². The number of nitrogens with zero attached hydrogens (tertiary/aromatic N) is 2. The predicted octanol–water partition coefficient (Wildman–Crippen LogP) is 4.95. The van der Waals surface area contributed by atoms with Crippen molar-refractivity contribution >= 4 is 40.6 Å². The van der Waals surface area contributed by atoms with Gasteiger partial charge in [0.25, 0.3) is 0 Å². The zero-order chi connectivity index (χ0) is 26.7. The second kappa shape index (κ2) is 10.7. The van der Waals surface area contributed by atoms with Gasteiger partial charge in [-0.3, -0.25) is 9.59 Å². The number of methoxy groups -OCH3 is 1. The third-order valence-electron chi connectivity index (χ3n) is 5.62. The molecule has 36 heavy (non-hydrogen) atoms. The highest BCUT2D eigenvalue weighted by molar-refractivity contribution is 8.15. The standard InChI is InChI=1S/C27H34N4O4S/c1-26(2,3)19-12-16(13-20(23(19)33)27(4,5)6)15-28-31-25-30-24(34)21(36-25)14-22(32)29-17-8-10-18(35-7)11-9-17/h8-13,15,21,33H,14H2,1-7H3,(H,29,32)(H,30,31,34)/b28-15+. The number of nitrogens with one attached hydrogen (secondary N) is 2. The van der Waals surface area contributed by atoms with Crippen LogP contribution in [0.1, 0.15) is 64.7 Å². The molecule has 0 bridgehead atoms. The smallest absolute Gasteiger partial charge is 0.240 e. The SMILES string of the molecule is COc1ccc(NC(=O)CC2S/C(=N/N=C/c3cc(C(C)(C)C)c(O)c(C(C)(C)C)c3)NC2=O)cc1. The summed E-state index contributed by atoms with van der Waals surface area (Å²) in [6.45, 7) is 12.3. The van der Waals surface area contributed by atoms with E-state index < -0.39 is 5.25 Å². The monoisotopic (exact) mass is 510 g/mol. The van der Waals surface area contributed by atoms with Crippen LogP contribution in [0.25, 0.3) is 0 Å². The van der Waals surface area contributed by atoms with E-state index >= 15 is 0 Å². The Bertz CT molecular complexity index is 1160. The summed E-state index contributed by atoms with van der Waals surface area (Å²) >= 11 is 1.17. The molecule has 0 radical (unpaired) electrons. The van der Waals surface area contributed by atoms with Crippen LogP contribution in [0.2, 0.25) is 0 Å². The van der Waals surface area contributed by atoms with Crippen LogP contribution in [0.3, 0.4) is 0 Å². The van der Waals surface area contributed by atoms with Crippen molar-refractivity contribution in [1.29, 1.82) is 0 Å². The molecule has 192 valence electrons. The van der Waals surface area contributed by atoms with E-state index in [0.29, 0.717) is 22.4 Å². The van der Waals surface area contributed by atoms with Crippen LogP contribution in [0.4, 0.5) is 5.69 Å². The fraction of sp³-hybridized carbons (Fsp3) is 0.407. The van der Waals surface area contributed by atoms with Crippen LogP contribution in [-0.4, -0.2) is 40.7 Å². The number of ether oxygens (including phenoxy) is 1. The first-order valence-electron chi connectivity index (χ1n) is 11.7. The molecular formula is C27H34N4O4S. The summed E-state index contributed by atoms with van der Waals surface area (Å²) in [6, 6.07) is 10.8. The van der Waals surface area contributed by atoms with Gasteiger partial charge in [-0.2, -0.15) is 5.10 Å². The number of carbonyl (C=O) groups is 2. The van der Waals surface area contributed by atoms with E-state index in [1.807, 2.05) is 53.7 Å². The molecule has 0 aromatic heterocycles. The molecule has 2 aromatic rings. The Morgan fingerprint density at radius 2 is 1.69 bits per heavy atom. The van der Waals surface area contributed by atoms with Crippen LogP contribution < -0.4 is 15.4 Å². The Hall–Kier alpha value is -3.33. The summed E-state index contributed by atoms with van der Waals surface area (Å²) in [5.41, 5.74) is 2.58. The minimum atomic E-state index is -0.592. The summed E-state index contributed by atoms with van der Waals surface area (Å²) in [5.74, 6) is 0.434. The number of benzene rings is 2. The summed E-state index contributed by atoms with van der Waals surface area (Å²) in [5, 5.41) is 24.4. The average molecular weight is 511 g/mol. The maximum absolute atomic E-state index is 12.4. The summed E-state index contributed by atoms with van der Waals surface area (Å²) in [7, 11) is 1.57. The maximum atomic E-state index is 12.4. The van der Waals surface area contributed by atoms with E-state index in [-0.39, 0.29) is 29.1 Å². The van der Waals surface area contributed by atoms with Crippen LogP contribution >= 0.6 is 11.8 Å². The van der Waals surface area contributed by atoms with Crippen molar-refractivity contribution in [3.05, 3.63) is 53.1 Å². The Labute approximate surface area is 216 Å². The quantitative estimate of drug-likeness (QED) is 0.376. The molecule has 8 nitrogen and oxygen atoms in total. The zero-order valence-corrected chi connectivity index (χ0v) is 22.6. The Morgan fingerprint density at radius 3 is 2.22 bits per heavy atom. The van der Waals surface area contributed by atoms with Crippen molar-refractivity contribution in [2.24, 2.45) is 10.2 Å². The first kappa shape index (κ1) is 27.3. The lowest BCUT2D eigenvalue weighted by Crippen LogP contribution is -2.28. The highest BCUT2D eigenvalue weighted by Crippen LogP contribution is 2.39. The third-order valence-corrected chi connectivity index (χ3v) is 6.70. The van der Waals surface area contributed by atoms with Gasteiger partial charge in [0, 0.05) is 23.2 Å². The first-order valence-corrected chi connectivity index (χ1v) is 12.6. The average Bonchev–Trinajstić information content (AvgIpc) is 3.12. The lowest BCUT2D eigenvalue weighted by Gasteiger charge is -2.27. The van der Waals surface area contributed by atoms with E-state index in [9.17, 15) is 14.7 Å². The molecule has 1 aliphatic heterocycles. The molecule has 1 heterocycles. The van der Waals surface area contributed by atoms with Crippen molar-refractivity contribution in [1.82, 2.24) is 5.32 Å². The molecule has 0 saturated carbocycles. The molecule has 0 spiro atoms. The maximum Gasteiger partial charge on any atom is 0.240 e. The molecule has 1 aliphatic rings. The number of phenols is 1. The van der Waals surface area contributed by atoms with Gasteiger partial charge < -0.3 is 20.5 Å². The summed E-state index contributed by atoms with van der Waals surface area (Å²) in [4.78, 5) is 24.7. The van der Waals surface area contributed by atoms with Gasteiger partial charge in [0.05, 0.1) is 13.3 Å². The molecule has 3 N–H and O–H groups in total. The number of amides is 2. The van der Waals surface area contributed by atoms with E-state index in [0.717, 1.165) is 16.7 Å². The fourth-order valence-electron chi connectivity index (χ4n) is 3.66. The van der Waals surface area contributed by atoms with Gasteiger partial charge >= 0.3 is 0 Å². The molecule has 1 unspecified atom stereocenters. The first-order chi connectivity index (χ1) is 16.8. The number of phenolic OH excluding ortho intramolecular Hbond substituents is 1. The number of anilines is 1. The van der Waals surface area contributed by atoms with Crippen LogP contribution in [0.15, 0.2) is 46.6 Å². The zero-order valence-electron chi connectivity index (χ0n) is 21.8. The van der Waals surface area contributed by atoms with E-state index in [1.165, 1.54) is 11.8 Å². The molecule has 1 fully saturated rings. The normalized spacial score (nSPS) is 17.5. The van der Waals surface area contributed by atoms with E-state index in [1.54, 1.807) is 37.6 Å². The number of aromatic hydroxyl groups is 1. The molecular weight excluding hydrogens is 476 g/mol. The Kier molecular flexibility index (Phi) is 8.13. The fourth-order valence-corrected chi connectivity index (χ4v) is 4.59. The van der Waals surface area contributed by atoms with E-state index in [4.69, 9.17) is 4.74 Å². The van der Waals surface area contributed by atoms with Crippen molar-refractivity contribution in [2.75, 3.05) is 12.4 Å². The van der Waals surface area contributed by atoms with Crippen LogP contribution in [0, 0.1) is 0 Å². The summed E-state index contributed by atoms with van der Waals surface area (Å²) < 4.78 is 5.11. The van der Waals surface area contributed by atoms with Gasteiger partial charge in [-0.05, 0) is 52.8 Å². The highest BCUT2D eigenvalue weighted by Gasteiger charge is 2.32. The molecule has 1 atom stereocenters. The van der Waals surface area contributed by atoms with Crippen LogP contribution in [0.5, 0.6) is 11.5 Å². The highest BCUT2D eigenvalue weighted by atomic mass is 32.2. The van der Waals surface area contributed by atoms with Gasteiger partial charge in [-0.15, -0.1) is 5.10 Å². The number of hydrogen-bond acceptors (Lipinski definition) is 7. The van der Waals surface area contributed by atoms with Crippen molar-refractivity contribution in [2.45, 2.75) is 64.0 Å². The third kappa shape index (κ3) is 6.87. The minimum Gasteiger partial charge on any atom is -0.507 e. The van der Waals surface area contributed by atoms with Gasteiger partial charge in [0.2, 0.25) is 11.8 Å². The molecule has 1 saturated heterocycles. The lowest BCUT2D eigenvalue weighted by molar-refractivity contribution is -0.122. The van der Waals surface area contributed by atoms with Gasteiger partial charge in [0.1, 0.15) is 16.7 Å². The topological polar surface area (TPSA) is 112 Å². The van der Waals surface area contributed by atoms with Gasteiger partial charge in [-0.1, -0.05) is 53.3 Å². The second-order valence-electron chi connectivity index (χ2n) is 10.7. The molecule has 2 aromatic carbocycles. The number of amidine groups is 1. The number of rotatable bonds is 6. The molecule has 9 heteroatoms. The summed E-state index contributed by atoms with van der Waals surface area (Å²) in [6.07, 6.45) is 1.61. The largest absolute Gasteiger partial charge is 0.507 e.